The summed E-state index contributed by atoms with van der Waals surface area (Å²) in [5, 5.41) is 2.61. The molecule has 1 aromatic carbocycles. The Labute approximate surface area is 109 Å². The molecule has 0 aliphatic carbocycles. The number of rotatable bonds is 2. The Hall–Kier alpha value is -0.940. The van der Waals surface area contributed by atoms with Crippen molar-refractivity contribution in [2.75, 3.05) is 5.32 Å². The van der Waals surface area contributed by atoms with Crippen LogP contribution in [0.3, 0.4) is 0 Å². The van der Waals surface area contributed by atoms with E-state index in [0.29, 0.717) is 10.2 Å². The molecule has 1 atom stereocenters. The molecule has 0 spiro atoms. The summed E-state index contributed by atoms with van der Waals surface area (Å²) in [6, 6.07) is 3.44. The number of halogens is 2. The van der Waals surface area contributed by atoms with E-state index in [2.05, 4.69) is 21.2 Å². The van der Waals surface area contributed by atoms with E-state index in [4.69, 9.17) is 5.73 Å². The van der Waals surface area contributed by atoms with Gasteiger partial charge in [-0.15, -0.1) is 0 Å². The Morgan fingerprint density at radius 3 is 2.59 bits per heavy atom. The Morgan fingerprint density at radius 1 is 1.47 bits per heavy atom. The predicted molar refractivity (Wildman–Crippen MR) is 70.2 cm³/mol. The van der Waals surface area contributed by atoms with Crippen LogP contribution in [0.4, 0.5) is 10.1 Å². The zero-order chi connectivity index (χ0) is 13.2. The molecule has 0 heterocycles. The average molecular weight is 303 g/mol. The van der Waals surface area contributed by atoms with Crippen molar-refractivity contribution < 1.29 is 9.18 Å². The quantitative estimate of drug-likeness (QED) is 0.882. The van der Waals surface area contributed by atoms with Crippen molar-refractivity contribution in [1.82, 2.24) is 0 Å². The van der Waals surface area contributed by atoms with E-state index in [1.807, 2.05) is 20.8 Å². The summed E-state index contributed by atoms with van der Waals surface area (Å²) in [5.74, 6) is -0.739. The molecule has 3 nitrogen and oxygen atoms in total. The van der Waals surface area contributed by atoms with E-state index in [1.54, 1.807) is 0 Å². The van der Waals surface area contributed by atoms with Gasteiger partial charge in [-0.05, 0) is 39.5 Å². The fourth-order valence-corrected chi connectivity index (χ4v) is 1.54. The average Bonchev–Trinajstić information content (AvgIpc) is 2.21. The van der Waals surface area contributed by atoms with Gasteiger partial charge in [0.25, 0.3) is 0 Å². The van der Waals surface area contributed by atoms with E-state index >= 15 is 0 Å². The summed E-state index contributed by atoms with van der Waals surface area (Å²) in [5.41, 5.74) is 5.85. The number of nitrogens with two attached hydrogens (primary N) is 1. The second-order valence-electron chi connectivity index (χ2n) is 4.96. The maximum atomic E-state index is 13.0. The number of hydrogen-bond donors (Lipinski definition) is 2. The van der Waals surface area contributed by atoms with Gasteiger partial charge in [0, 0.05) is 4.47 Å². The van der Waals surface area contributed by atoms with Crippen molar-refractivity contribution >= 4 is 27.5 Å². The zero-order valence-corrected chi connectivity index (χ0v) is 11.6. The molecule has 3 N–H and O–H groups in total. The highest BCUT2D eigenvalue weighted by molar-refractivity contribution is 9.10. The number of amides is 1. The highest BCUT2D eigenvalue weighted by Crippen LogP contribution is 2.24. The summed E-state index contributed by atoms with van der Waals surface area (Å²) >= 11 is 3.24. The van der Waals surface area contributed by atoms with E-state index in [-0.39, 0.29) is 11.3 Å². The van der Waals surface area contributed by atoms with Gasteiger partial charge >= 0.3 is 0 Å². The first-order chi connectivity index (χ1) is 7.71. The van der Waals surface area contributed by atoms with Crippen molar-refractivity contribution in [3.05, 3.63) is 28.5 Å². The van der Waals surface area contributed by atoms with Crippen molar-refractivity contribution in [3.63, 3.8) is 0 Å². The van der Waals surface area contributed by atoms with E-state index in [1.165, 1.54) is 18.2 Å². The monoisotopic (exact) mass is 302 g/mol. The lowest BCUT2D eigenvalue weighted by Crippen LogP contribution is -2.45. The lowest BCUT2D eigenvalue weighted by Gasteiger charge is -2.26. The largest absolute Gasteiger partial charge is 0.324 e. The summed E-state index contributed by atoms with van der Waals surface area (Å²) in [6.45, 7) is 5.62. The molecule has 1 aromatic rings. The van der Waals surface area contributed by atoms with E-state index in [9.17, 15) is 9.18 Å². The maximum Gasteiger partial charge on any atom is 0.241 e. The molecule has 0 fully saturated rings. The van der Waals surface area contributed by atoms with E-state index < -0.39 is 11.9 Å². The van der Waals surface area contributed by atoms with Gasteiger partial charge in [-0.2, -0.15) is 0 Å². The normalized spacial score (nSPS) is 13.3. The van der Waals surface area contributed by atoms with Gasteiger partial charge in [0.2, 0.25) is 5.91 Å². The minimum atomic E-state index is -0.655. The zero-order valence-electron chi connectivity index (χ0n) is 10.1. The third kappa shape index (κ3) is 3.78. The molecule has 1 amide bonds. The van der Waals surface area contributed by atoms with E-state index in [0.717, 1.165) is 0 Å². The molecule has 17 heavy (non-hydrogen) atoms. The molecule has 0 bridgehead atoms. The SMILES string of the molecule is CC(C)(C)C(N)C(=O)Nc1cc(F)ccc1Br. The van der Waals surface area contributed by atoms with Crippen molar-refractivity contribution in [1.29, 1.82) is 0 Å². The molecule has 0 aliphatic rings. The Bertz CT molecular complexity index is 429. The van der Waals surface area contributed by atoms with Crippen LogP contribution in [-0.4, -0.2) is 11.9 Å². The maximum absolute atomic E-state index is 13.0. The van der Waals surface area contributed by atoms with Gasteiger partial charge in [-0.25, -0.2) is 4.39 Å². The van der Waals surface area contributed by atoms with Gasteiger partial charge in [-0.1, -0.05) is 20.8 Å². The fraction of sp³-hybridized carbons (Fsp3) is 0.417. The minimum Gasteiger partial charge on any atom is -0.324 e. The van der Waals surface area contributed by atoms with Gasteiger partial charge in [0.1, 0.15) is 5.82 Å². The third-order valence-corrected chi connectivity index (χ3v) is 3.09. The molecular formula is C12H16BrFN2O. The molecular weight excluding hydrogens is 287 g/mol. The number of carbonyl (C=O) groups excluding carboxylic acids is 1. The highest BCUT2D eigenvalue weighted by atomic mass is 79.9. The first-order valence-electron chi connectivity index (χ1n) is 5.23. The molecule has 0 saturated heterocycles. The molecule has 94 valence electrons. The van der Waals surface area contributed by atoms with Crippen LogP contribution in [0.5, 0.6) is 0 Å². The summed E-state index contributed by atoms with van der Waals surface area (Å²) in [6.07, 6.45) is 0. The number of hydrogen-bond acceptors (Lipinski definition) is 2. The molecule has 0 radical (unpaired) electrons. The molecule has 1 rings (SSSR count). The van der Waals surface area contributed by atoms with Crippen LogP contribution in [0, 0.1) is 11.2 Å². The molecule has 0 aliphatic heterocycles. The van der Waals surface area contributed by atoms with Crippen molar-refractivity contribution in [2.45, 2.75) is 26.8 Å². The number of nitrogens with one attached hydrogen (secondary N) is 1. The van der Waals surface area contributed by atoms with Crippen LogP contribution in [0.1, 0.15) is 20.8 Å². The Kier molecular flexibility index (Phi) is 4.27. The summed E-state index contributed by atoms with van der Waals surface area (Å²) < 4.78 is 13.6. The molecule has 0 saturated carbocycles. The van der Waals surface area contributed by atoms with Crippen molar-refractivity contribution in [3.8, 4) is 0 Å². The number of benzene rings is 1. The topological polar surface area (TPSA) is 55.1 Å². The van der Waals surface area contributed by atoms with Crippen LogP contribution in [0.15, 0.2) is 22.7 Å². The number of carbonyl (C=O) groups is 1. The standard InChI is InChI=1S/C12H16BrFN2O/c1-12(2,3)10(15)11(17)16-9-6-7(14)4-5-8(9)13/h4-6,10H,15H2,1-3H3,(H,16,17). The predicted octanol–water partition coefficient (Wildman–Crippen LogP) is 2.90. The van der Waals surface area contributed by atoms with Crippen LogP contribution >= 0.6 is 15.9 Å². The second-order valence-corrected chi connectivity index (χ2v) is 5.81. The molecule has 0 aromatic heterocycles. The third-order valence-electron chi connectivity index (χ3n) is 2.40. The fourth-order valence-electron chi connectivity index (χ4n) is 1.20. The van der Waals surface area contributed by atoms with Crippen LogP contribution < -0.4 is 11.1 Å². The molecule has 5 heteroatoms. The molecule has 1 unspecified atom stereocenters. The van der Waals surface area contributed by atoms with Gasteiger partial charge in [0.15, 0.2) is 0 Å². The van der Waals surface area contributed by atoms with Gasteiger partial charge < -0.3 is 11.1 Å². The Balaban J connectivity index is 2.85. The number of anilines is 1. The summed E-state index contributed by atoms with van der Waals surface area (Å²) in [7, 11) is 0. The van der Waals surface area contributed by atoms with Crippen molar-refractivity contribution in [2.24, 2.45) is 11.1 Å². The summed E-state index contributed by atoms with van der Waals surface area (Å²) in [4.78, 5) is 11.8. The van der Waals surface area contributed by atoms with Crippen LogP contribution in [0.2, 0.25) is 0 Å². The first-order valence-corrected chi connectivity index (χ1v) is 6.02. The highest BCUT2D eigenvalue weighted by Gasteiger charge is 2.27. The smallest absolute Gasteiger partial charge is 0.241 e. The second kappa shape index (κ2) is 5.14. The van der Waals surface area contributed by atoms with Crippen LogP contribution in [-0.2, 0) is 4.79 Å². The first kappa shape index (κ1) is 14.1. The van der Waals surface area contributed by atoms with Gasteiger partial charge in [0.05, 0.1) is 11.7 Å². The van der Waals surface area contributed by atoms with Crippen LogP contribution in [0.25, 0.3) is 0 Å². The minimum absolute atomic E-state index is 0.330. The lowest BCUT2D eigenvalue weighted by molar-refractivity contribution is -0.119. The lowest BCUT2D eigenvalue weighted by atomic mass is 9.87. The van der Waals surface area contributed by atoms with Gasteiger partial charge in [-0.3, -0.25) is 4.79 Å². The Morgan fingerprint density at radius 2 is 2.06 bits per heavy atom.